The van der Waals surface area contributed by atoms with Crippen molar-refractivity contribution in [1.82, 2.24) is 4.98 Å². The molecule has 1 aromatic heterocycles. The van der Waals surface area contributed by atoms with Crippen LogP contribution in [-0.4, -0.2) is 17.8 Å². The van der Waals surface area contributed by atoms with E-state index >= 15 is 0 Å². The molecule has 0 saturated heterocycles. The largest absolute Gasteiger partial charge is 0.347 e. The van der Waals surface area contributed by atoms with Crippen molar-refractivity contribution in [3.05, 3.63) is 45.4 Å². The average molecular weight is 307 g/mol. The van der Waals surface area contributed by atoms with E-state index in [-0.39, 0.29) is 5.78 Å². The maximum atomic E-state index is 11.9. The van der Waals surface area contributed by atoms with Crippen molar-refractivity contribution in [1.29, 1.82) is 0 Å². The molecule has 0 aliphatic heterocycles. The standard InChI is InChI=1S/C15H15ClN2OS/c1-18(9-10-5-2-3-6-11(10)16)15-17-12-7-4-8-13(19)14(12)20-15/h2-3,5-6H,4,7-9H2,1H3. The molecule has 0 radical (unpaired) electrons. The van der Waals surface area contributed by atoms with Crippen molar-refractivity contribution in [2.45, 2.75) is 25.8 Å². The van der Waals surface area contributed by atoms with Gasteiger partial charge < -0.3 is 4.90 Å². The zero-order chi connectivity index (χ0) is 14.1. The van der Waals surface area contributed by atoms with Crippen LogP contribution in [0.5, 0.6) is 0 Å². The number of anilines is 1. The van der Waals surface area contributed by atoms with E-state index in [4.69, 9.17) is 11.6 Å². The lowest BCUT2D eigenvalue weighted by Crippen LogP contribution is -2.16. The Balaban J connectivity index is 1.83. The van der Waals surface area contributed by atoms with Crippen LogP contribution in [0.4, 0.5) is 5.13 Å². The maximum Gasteiger partial charge on any atom is 0.186 e. The third-order valence-electron chi connectivity index (χ3n) is 3.45. The molecule has 0 saturated carbocycles. The molecule has 1 heterocycles. The van der Waals surface area contributed by atoms with E-state index < -0.39 is 0 Å². The minimum Gasteiger partial charge on any atom is -0.347 e. The zero-order valence-corrected chi connectivity index (χ0v) is 12.8. The van der Waals surface area contributed by atoms with Crippen LogP contribution in [0.3, 0.4) is 0 Å². The molecule has 0 unspecified atom stereocenters. The number of benzene rings is 1. The topological polar surface area (TPSA) is 33.2 Å². The van der Waals surface area contributed by atoms with Crippen molar-refractivity contribution in [2.75, 3.05) is 11.9 Å². The smallest absolute Gasteiger partial charge is 0.186 e. The molecule has 0 fully saturated rings. The Labute approximate surface area is 127 Å². The molecule has 1 aliphatic rings. The molecule has 20 heavy (non-hydrogen) atoms. The predicted octanol–water partition coefficient (Wildman–Crippen LogP) is 3.95. The third-order valence-corrected chi connectivity index (χ3v) is 5.07. The van der Waals surface area contributed by atoms with Crippen LogP contribution in [0.15, 0.2) is 24.3 Å². The molecule has 0 bridgehead atoms. The van der Waals surface area contributed by atoms with Crippen LogP contribution < -0.4 is 4.90 Å². The Bertz CT molecular complexity index is 653. The summed E-state index contributed by atoms with van der Waals surface area (Å²) in [5.74, 6) is 0.237. The number of hydrogen-bond donors (Lipinski definition) is 0. The highest BCUT2D eigenvalue weighted by Crippen LogP contribution is 2.32. The molecule has 1 aliphatic carbocycles. The van der Waals surface area contributed by atoms with Gasteiger partial charge in [0.15, 0.2) is 10.9 Å². The average Bonchev–Trinajstić information content (AvgIpc) is 2.87. The molecule has 2 aromatic rings. The maximum absolute atomic E-state index is 11.9. The van der Waals surface area contributed by atoms with Gasteiger partial charge in [0.25, 0.3) is 0 Å². The normalized spacial score (nSPS) is 14.2. The van der Waals surface area contributed by atoms with Crippen molar-refractivity contribution in [3.8, 4) is 0 Å². The van der Waals surface area contributed by atoms with Gasteiger partial charge in [-0.3, -0.25) is 4.79 Å². The molecule has 0 atom stereocenters. The van der Waals surface area contributed by atoms with Gasteiger partial charge in [-0.05, 0) is 24.5 Å². The summed E-state index contributed by atoms with van der Waals surface area (Å²) in [4.78, 5) is 19.4. The fourth-order valence-corrected chi connectivity index (χ4v) is 3.61. The van der Waals surface area contributed by atoms with Crippen LogP contribution in [0.25, 0.3) is 0 Å². The lowest BCUT2D eigenvalue weighted by Gasteiger charge is -2.16. The Morgan fingerprint density at radius 1 is 1.35 bits per heavy atom. The molecular weight excluding hydrogens is 292 g/mol. The Morgan fingerprint density at radius 2 is 2.15 bits per heavy atom. The number of rotatable bonds is 3. The van der Waals surface area contributed by atoms with Crippen LogP contribution >= 0.6 is 22.9 Å². The number of nitrogens with zero attached hydrogens (tertiary/aromatic N) is 2. The van der Waals surface area contributed by atoms with Gasteiger partial charge in [-0.1, -0.05) is 41.1 Å². The van der Waals surface area contributed by atoms with E-state index in [2.05, 4.69) is 9.88 Å². The first kappa shape index (κ1) is 13.6. The number of aromatic nitrogens is 1. The summed E-state index contributed by atoms with van der Waals surface area (Å²) < 4.78 is 0. The Kier molecular flexibility index (Phi) is 3.76. The number of fused-ring (bicyclic) bond motifs is 1. The fraction of sp³-hybridized carbons (Fsp3) is 0.333. The van der Waals surface area contributed by atoms with Crippen LogP contribution in [0.2, 0.25) is 5.02 Å². The monoisotopic (exact) mass is 306 g/mol. The highest BCUT2D eigenvalue weighted by Gasteiger charge is 2.23. The number of thiazole rings is 1. The highest BCUT2D eigenvalue weighted by molar-refractivity contribution is 7.17. The molecule has 0 spiro atoms. The van der Waals surface area contributed by atoms with Gasteiger partial charge in [0.05, 0.1) is 10.6 Å². The predicted molar refractivity (Wildman–Crippen MR) is 82.9 cm³/mol. The van der Waals surface area contributed by atoms with Gasteiger partial charge in [0.1, 0.15) is 0 Å². The summed E-state index contributed by atoms with van der Waals surface area (Å²) in [5.41, 5.74) is 2.03. The zero-order valence-electron chi connectivity index (χ0n) is 11.2. The van der Waals surface area contributed by atoms with Crippen LogP contribution in [0, 0.1) is 0 Å². The minimum absolute atomic E-state index is 0.237. The molecule has 0 amide bonds. The fourth-order valence-electron chi connectivity index (χ4n) is 2.37. The number of carbonyl (C=O) groups excluding carboxylic acids is 1. The number of Topliss-reactive ketones (excluding diaryl/α,β-unsaturated/α-hetero) is 1. The van der Waals surface area contributed by atoms with Gasteiger partial charge in [0, 0.05) is 25.0 Å². The lowest BCUT2D eigenvalue weighted by molar-refractivity contribution is 0.0976. The van der Waals surface area contributed by atoms with Gasteiger partial charge in [-0.25, -0.2) is 4.98 Å². The van der Waals surface area contributed by atoms with Gasteiger partial charge in [-0.15, -0.1) is 0 Å². The third kappa shape index (κ3) is 2.58. The molecule has 104 valence electrons. The quantitative estimate of drug-likeness (QED) is 0.861. The SMILES string of the molecule is CN(Cc1ccccc1Cl)c1nc2c(s1)C(=O)CCC2. The summed E-state index contributed by atoms with van der Waals surface area (Å²) in [6, 6.07) is 7.80. The van der Waals surface area contributed by atoms with E-state index in [9.17, 15) is 4.79 Å². The van der Waals surface area contributed by atoms with Crippen molar-refractivity contribution >= 4 is 33.9 Å². The molecule has 1 aromatic carbocycles. The van der Waals surface area contributed by atoms with Gasteiger partial charge >= 0.3 is 0 Å². The first-order valence-corrected chi connectivity index (χ1v) is 7.82. The summed E-state index contributed by atoms with van der Waals surface area (Å²) in [6.07, 6.45) is 2.49. The van der Waals surface area contributed by atoms with E-state index in [0.29, 0.717) is 13.0 Å². The first-order chi connectivity index (χ1) is 9.65. The number of hydrogen-bond acceptors (Lipinski definition) is 4. The summed E-state index contributed by atoms with van der Waals surface area (Å²) >= 11 is 7.68. The Morgan fingerprint density at radius 3 is 2.90 bits per heavy atom. The number of halogens is 1. The minimum atomic E-state index is 0.237. The van der Waals surface area contributed by atoms with E-state index in [0.717, 1.165) is 39.1 Å². The number of carbonyl (C=O) groups is 1. The van der Waals surface area contributed by atoms with Crippen LogP contribution in [-0.2, 0) is 13.0 Å². The van der Waals surface area contributed by atoms with Crippen molar-refractivity contribution in [3.63, 3.8) is 0 Å². The summed E-state index contributed by atoms with van der Waals surface area (Å²) in [7, 11) is 1.98. The van der Waals surface area contributed by atoms with Crippen molar-refractivity contribution in [2.24, 2.45) is 0 Å². The lowest BCUT2D eigenvalue weighted by atomic mass is 10.0. The molecule has 5 heteroatoms. The van der Waals surface area contributed by atoms with Gasteiger partial charge in [-0.2, -0.15) is 0 Å². The highest BCUT2D eigenvalue weighted by atomic mass is 35.5. The summed E-state index contributed by atoms with van der Waals surface area (Å²) in [6.45, 7) is 0.695. The molecular formula is C15H15ClN2OS. The number of ketones is 1. The number of aryl methyl sites for hydroxylation is 1. The molecule has 0 N–H and O–H groups in total. The van der Waals surface area contributed by atoms with Gasteiger partial charge in [0.2, 0.25) is 0 Å². The second-order valence-electron chi connectivity index (χ2n) is 5.00. The Hall–Kier alpha value is -1.39. The van der Waals surface area contributed by atoms with Crippen molar-refractivity contribution < 1.29 is 4.79 Å². The van der Waals surface area contributed by atoms with E-state index in [1.807, 2.05) is 31.3 Å². The summed E-state index contributed by atoms with van der Waals surface area (Å²) in [5, 5.41) is 1.65. The molecule has 3 nitrogen and oxygen atoms in total. The second kappa shape index (κ2) is 5.54. The van der Waals surface area contributed by atoms with E-state index in [1.165, 1.54) is 11.3 Å². The van der Waals surface area contributed by atoms with E-state index in [1.54, 1.807) is 0 Å². The second-order valence-corrected chi connectivity index (χ2v) is 6.38. The van der Waals surface area contributed by atoms with Crippen LogP contribution in [0.1, 0.15) is 33.8 Å². The molecule has 3 rings (SSSR count). The first-order valence-electron chi connectivity index (χ1n) is 6.62.